The van der Waals surface area contributed by atoms with Crippen molar-refractivity contribution in [1.82, 2.24) is 0 Å². The van der Waals surface area contributed by atoms with Crippen LogP contribution in [0.1, 0.15) is 28.8 Å². The van der Waals surface area contributed by atoms with E-state index in [0.717, 1.165) is 12.2 Å². The Bertz CT molecular complexity index is 410. The summed E-state index contributed by atoms with van der Waals surface area (Å²) in [6.45, 7) is 1.23. The van der Waals surface area contributed by atoms with Gasteiger partial charge in [-0.05, 0) is 36.5 Å². The minimum atomic E-state index is -0.981. The quantitative estimate of drug-likeness (QED) is 0.823. The van der Waals surface area contributed by atoms with Crippen molar-refractivity contribution in [3.8, 4) is 5.75 Å². The molecule has 1 aliphatic rings. The van der Waals surface area contributed by atoms with Crippen molar-refractivity contribution in [2.24, 2.45) is 5.92 Å². The van der Waals surface area contributed by atoms with E-state index in [1.807, 2.05) is 6.07 Å². The molecule has 0 bridgehead atoms. The minimum Gasteiger partial charge on any atom is -0.496 e. The van der Waals surface area contributed by atoms with E-state index >= 15 is 0 Å². The zero-order chi connectivity index (χ0) is 12.3. The first kappa shape index (κ1) is 11.9. The van der Waals surface area contributed by atoms with Gasteiger partial charge in [0.2, 0.25) is 0 Å². The van der Waals surface area contributed by atoms with E-state index in [4.69, 9.17) is 14.6 Å². The number of carboxylic acids is 1. The smallest absolute Gasteiger partial charge is 0.339 e. The molecule has 4 heteroatoms. The highest BCUT2D eigenvalue weighted by molar-refractivity contribution is 5.91. The lowest BCUT2D eigenvalue weighted by atomic mass is 10.1. The summed E-state index contributed by atoms with van der Waals surface area (Å²) in [4.78, 5) is 11.0. The Morgan fingerprint density at radius 1 is 1.47 bits per heavy atom. The highest BCUT2D eigenvalue weighted by Crippen LogP contribution is 2.29. The van der Waals surface area contributed by atoms with E-state index in [0.29, 0.717) is 18.3 Å². The van der Waals surface area contributed by atoms with Crippen LogP contribution in [-0.4, -0.2) is 24.8 Å². The second kappa shape index (κ2) is 5.19. The molecule has 1 fully saturated rings. The zero-order valence-electron chi connectivity index (χ0n) is 9.81. The summed E-state index contributed by atoms with van der Waals surface area (Å²) in [6.07, 6.45) is 2.51. The van der Waals surface area contributed by atoms with Gasteiger partial charge in [0, 0.05) is 6.61 Å². The average molecular weight is 236 g/mol. The van der Waals surface area contributed by atoms with Crippen LogP contribution in [0.5, 0.6) is 5.75 Å². The Kier molecular flexibility index (Phi) is 3.64. The van der Waals surface area contributed by atoms with Crippen LogP contribution >= 0.6 is 0 Å². The molecule has 1 aliphatic carbocycles. The van der Waals surface area contributed by atoms with Gasteiger partial charge < -0.3 is 14.6 Å². The van der Waals surface area contributed by atoms with Crippen LogP contribution in [0.2, 0.25) is 0 Å². The Hall–Kier alpha value is -1.55. The second-order valence-corrected chi connectivity index (χ2v) is 4.30. The van der Waals surface area contributed by atoms with Gasteiger partial charge in [-0.15, -0.1) is 0 Å². The number of ether oxygens (including phenoxy) is 2. The van der Waals surface area contributed by atoms with E-state index in [-0.39, 0.29) is 5.56 Å². The number of carboxylic acid groups (broad SMARTS) is 1. The number of aromatic carboxylic acids is 1. The van der Waals surface area contributed by atoms with E-state index < -0.39 is 5.97 Å². The normalized spacial score (nSPS) is 14.6. The molecule has 1 N–H and O–H groups in total. The summed E-state index contributed by atoms with van der Waals surface area (Å²) in [5.41, 5.74) is 1.05. The highest BCUT2D eigenvalue weighted by Gasteiger charge is 2.21. The van der Waals surface area contributed by atoms with E-state index in [1.54, 1.807) is 12.1 Å². The molecular formula is C13H16O4. The van der Waals surface area contributed by atoms with Gasteiger partial charge in [-0.2, -0.15) is 0 Å². The molecule has 17 heavy (non-hydrogen) atoms. The first-order valence-corrected chi connectivity index (χ1v) is 5.68. The number of methoxy groups -OCH3 is 1. The fourth-order valence-corrected chi connectivity index (χ4v) is 1.64. The van der Waals surface area contributed by atoms with Crippen LogP contribution < -0.4 is 4.74 Å². The molecule has 4 nitrogen and oxygen atoms in total. The fraction of sp³-hybridized carbons (Fsp3) is 0.462. The number of hydrogen-bond donors (Lipinski definition) is 1. The van der Waals surface area contributed by atoms with Crippen molar-refractivity contribution >= 4 is 5.97 Å². The van der Waals surface area contributed by atoms with Gasteiger partial charge >= 0.3 is 5.97 Å². The molecule has 1 aromatic carbocycles. The lowest BCUT2D eigenvalue weighted by molar-refractivity contribution is 0.0692. The largest absolute Gasteiger partial charge is 0.496 e. The molecule has 92 valence electrons. The highest BCUT2D eigenvalue weighted by atomic mass is 16.5. The molecular weight excluding hydrogens is 220 g/mol. The summed E-state index contributed by atoms with van der Waals surface area (Å²) in [6, 6.07) is 5.10. The van der Waals surface area contributed by atoms with Gasteiger partial charge in [0.1, 0.15) is 11.3 Å². The molecule has 2 rings (SSSR count). The van der Waals surface area contributed by atoms with Gasteiger partial charge in [-0.25, -0.2) is 4.79 Å². The first-order chi connectivity index (χ1) is 8.20. The predicted molar refractivity (Wildman–Crippen MR) is 62.3 cm³/mol. The maximum atomic E-state index is 11.0. The summed E-state index contributed by atoms with van der Waals surface area (Å²) >= 11 is 0. The molecule has 1 aromatic rings. The van der Waals surface area contributed by atoms with E-state index in [9.17, 15) is 4.79 Å². The second-order valence-electron chi connectivity index (χ2n) is 4.30. The third-order valence-corrected chi connectivity index (χ3v) is 2.81. The lowest BCUT2D eigenvalue weighted by Crippen LogP contribution is -2.03. The van der Waals surface area contributed by atoms with Crippen molar-refractivity contribution in [2.75, 3.05) is 13.7 Å². The predicted octanol–water partition coefficient (Wildman–Crippen LogP) is 2.32. The molecule has 0 aromatic heterocycles. The van der Waals surface area contributed by atoms with E-state index in [1.165, 1.54) is 20.0 Å². The molecule has 0 spiro atoms. The van der Waals surface area contributed by atoms with Gasteiger partial charge in [0.05, 0.1) is 13.7 Å². The minimum absolute atomic E-state index is 0.181. The molecule has 0 amide bonds. The third-order valence-electron chi connectivity index (χ3n) is 2.81. The number of hydrogen-bond acceptors (Lipinski definition) is 3. The molecule has 0 saturated heterocycles. The van der Waals surface area contributed by atoms with Crippen molar-refractivity contribution in [3.05, 3.63) is 29.3 Å². The van der Waals surface area contributed by atoms with Crippen molar-refractivity contribution in [2.45, 2.75) is 19.4 Å². The third kappa shape index (κ3) is 3.20. The molecule has 0 atom stereocenters. The summed E-state index contributed by atoms with van der Waals surface area (Å²) in [5.74, 6) is 0.113. The van der Waals surface area contributed by atoms with E-state index in [2.05, 4.69) is 0 Å². The lowest BCUT2D eigenvalue weighted by Gasteiger charge is -2.08. The molecule has 1 saturated carbocycles. The molecule has 0 aliphatic heterocycles. The Morgan fingerprint density at radius 2 is 2.24 bits per heavy atom. The van der Waals surface area contributed by atoms with Crippen LogP contribution in [0.15, 0.2) is 18.2 Å². The average Bonchev–Trinajstić information content (AvgIpc) is 3.13. The van der Waals surface area contributed by atoms with Crippen LogP contribution in [0.25, 0.3) is 0 Å². The molecule has 0 heterocycles. The van der Waals surface area contributed by atoms with Crippen molar-refractivity contribution in [3.63, 3.8) is 0 Å². The topological polar surface area (TPSA) is 55.8 Å². The zero-order valence-corrected chi connectivity index (χ0v) is 9.81. The standard InChI is InChI=1S/C13H16O4/c1-16-12-5-4-10(6-11(12)13(14)15)8-17-7-9-2-3-9/h4-6,9H,2-3,7-8H2,1H3,(H,14,15). The van der Waals surface area contributed by atoms with Crippen molar-refractivity contribution in [1.29, 1.82) is 0 Å². The van der Waals surface area contributed by atoms with Gasteiger partial charge in [0.25, 0.3) is 0 Å². The monoisotopic (exact) mass is 236 g/mol. The molecule has 0 unspecified atom stereocenters. The first-order valence-electron chi connectivity index (χ1n) is 5.68. The Labute approximate surface area is 100 Å². The summed E-state index contributed by atoms with van der Waals surface area (Å²) in [7, 11) is 1.46. The van der Waals surface area contributed by atoms with Crippen LogP contribution in [-0.2, 0) is 11.3 Å². The van der Waals surface area contributed by atoms with Crippen LogP contribution in [0.4, 0.5) is 0 Å². The van der Waals surface area contributed by atoms with Gasteiger partial charge in [-0.1, -0.05) is 6.07 Å². The van der Waals surface area contributed by atoms with Gasteiger partial charge in [-0.3, -0.25) is 0 Å². The van der Waals surface area contributed by atoms with Crippen LogP contribution in [0, 0.1) is 5.92 Å². The molecule has 0 radical (unpaired) electrons. The fourth-order valence-electron chi connectivity index (χ4n) is 1.64. The van der Waals surface area contributed by atoms with Crippen LogP contribution in [0.3, 0.4) is 0 Å². The number of carbonyl (C=O) groups is 1. The SMILES string of the molecule is COc1ccc(COCC2CC2)cc1C(=O)O. The van der Waals surface area contributed by atoms with Crippen molar-refractivity contribution < 1.29 is 19.4 Å². The maximum absolute atomic E-state index is 11.0. The Morgan fingerprint density at radius 3 is 2.82 bits per heavy atom. The summed E-state index contributed by atoms with van der Waals surface area (Å²) in [5, 5.41) is 9.02. The maximum Gasteiger partial charge on any atom is 0.339 e. The Balaban J connectivity index is 2.01. The van der Waals surface area contributed by atoms with Gasteiger partial charge in [0.15, 0.2) is 0 Å². The number of rotatable bonds is 6. The number of benzene rings is 1. The summed E-state index contributed by atoms with van der Waals surface area (Å²) < 4.78 is 10.5.